The maximum absolute atomic E-state index is 10.7. The first-order valence-corrected chi connectivity index (χ1v) is 5.02. The molecule has 1 aromatic carbocycles. The second-order valence-corrected chi connectivity index (χ2v) is 3.24. The molecular weight excluding hydrogens is 224 g/mol. The van der Waals surface area contributed by atoms with Crippen molar-refractivity contribution in [2.24, 2.45) is 0 Å². The molecule has 0 aliphatic rings. The van der Waals surface area contributed by atoms with Crippen molar-refractivity contribution in [3.8, 4) is 17.1 Å². The Balaban J connectivity index is 2.48. The smallest absolute Gasteiger partial charge is 0.273 e. The molecule has 17 heavy (non-hydrogen) atoms. The highest BCUT2D eigenvalue weighted by Gasteiger charge is 2.14. The average Bonchev–Trinajstić information content (AvgIpc) is 2.82. The highest BCUT2D eigenvalue weighted by Crippen LogP contribution is 2.33. The summed E-state index contributed by atoms with van der Waals surface area (Å²) < 4.78 is 10.5. The van der Waals surface area contributed by atoms with Gasteiger partial charge >= 0.3 is 0 Å². The lowest BCUT2D eigenvalue weighted by Gasteiger charge is -2.07. The van der Waals surface area contributed by atoms with Gasteiger partial charge in [-0.15, -0.1) is 0 Å². The number of rotatable bonds is 4. The zero-order chi connectivity index (χ0) is 12.3. The van der Waals surface area contributed by atoms with Gasteiger partial charge in [-0.05, 0) is 13.0 Å². The SMILES string of the molecule is CCOc1cc([N+](=O)[O-])ccc1-c1cnco1. The minimum Gasteiger partial charge on any atom is -0.493 e. The monoisotopic (exact) mass is 234 g/mol. The van der Waals surface area contributed by atoms with Gasteiger partial charge in [0.05, 0.1) is 29.4 Å². The minimum absolute atomic E-state index is 0.0169. The fraction of sp³-hybridized carbons (Fsp3) is 0.182. The number of ether oxygens (including phenoxy) is 1. The number of non-ortho nitro benzene ring substituents is 1. The number of benzene rings is 1. The summed E-state index contributed by atoms with van der Waals surface area (Å²) in [6.45, 7) is 2.23. The van der Waals surface area contributed by atoms with Gasteiger partial charge in [0.25, 0.3) is 5.69 Å². The number of hydrogen-bond acceptors (Lipinski definition) is 5. The standard InChI is InChI=1S/C11H10N2O4/c1-2-16-10-5-8(13(14)15)3-4-9(10)11-6-12-7-17-11/h3-7H,2H2,1H3. The Morgan fingerprint density at radius 2 is 2.35 bits per heavy atom. The van der Waals surface area contributed by atoms with Crippen LogP contribution in [-0.2, 0) is 0 Å². The van der Waals surface area contributed by atoms with Crippen molar-refractivity contribution in [3.05, 3.63) is 40.9 Å². The first-order valence-electron chi connectivity index (χ1n) is 5.02. The largest absolute Gasteiger partial charge is 0.493 e. The van der Waals surface area contributed by atoms with Gasteiger partial charge in [-0.3, -0.25) is 10.1 Å². The Kier molecular flexibility index (Phi) is 3.04. The van der Waals surface area contributed by atoms with Crippen molar-refractivity contribution < 1.29 is 14.1 Å². The van der Waals surface area contributed by atoms with Crippen LogP contribution in [0, 0.1) is 10.1 Å². The van der Waals surface area contributed by atoms with Crippen LogP contribution in [0.5, 0.6) is 5.75 Å². The van der Waals surface area contributed by atoms with E-state index in [9.17, 15) is 10.1 Å². The van der Waals surface area contributed by atoms with E-state index in [0.717, 1.165) is 0 Å². The molecule has 0 radical (unpaired) electrons. The Labute approximate surface area is 97.0 Å². The summed E-state index contributed by atoms with van der Waals surface area (Å²) in [5, 5.41) is 10.7. The van der Waals surface area contributed by atoms with E-state index in [1.807, 2.05) is 6.92 Å². The number of nitro groups is 1. The van der Waals surface area contributed by atoms with Gasteiger partial charge in [-0.2, -0.15) is 0 Å². The maximum Gasteiger partial charge on any atom is 0.273 e. The van der Waals surface area contributed by atoms with Crippen LogP contribution in [0.25, 0.3) is 11.3 Å². The number of nitrogens with zero attached hydrogens (tertiary/aromatic N) is 2. The fourth-order valence-corrected chi connectivity index (χ4v) is 1.45. The van der Waals surface area contributed by atoms with Crippen LogP contribution in [0.2, 0.25) is 0 Å². The van der Waals surface area contributed by atoms with Crippen LogP contribution in [0.4, 0.5) is 5.69 Å². The molecule has 0 saturated heterocycles. The van der Waals surface area contributed by atoms with E-state index >= 15 is 0 Å². The van der Waals surface area contributed by atoms with Gasteiger partial charge in [-0.1, -0.05) is 0 Å². The lowest BCUT2D eigenvalue weighted by atomic mass is 10.1. The van der Waals surface area contributed by atoms with E-state index in [4.69, 9.17) is 9.15 Å². The first kappa shape index (κ1) is 11.1. The molecule has 0 atom stereocenters. The van der Waals surface area contributed by atoms with Gasteiger partial charge in [0, 0.05) is 6.07 Å². The van der Waals surface area contributed by atoms with Gasteiger partial charge < -0.3 is 9.15 Å². The van der Waals surface area contributed by atoms with E-state index in [1.54, 1.807) is 6.07 Å². The molecule has 0 bridgehead atoms. The predicted molar refractivity (Wildman–Crippen MR) is 59.8 cm³/mol. The summed E-state index contributed by atoms with van der Waals surface area (Å²) >= 11 is 0. The fourth-order valence-electron chi connectivity index (χ4n) is 1.45. The van der Waals surface area contributed by atoms with Gasteiger partial charge in [0.1, 0.15) is 5.75 Å². The van der Waals surface area contributed by atoms with Crippen molar-refractivity contribution in [3.63, 3.8) is 0 Å². The third-order valence-corrected chi connectivity index (χ3v) is 2.17. The summed E-state index contributed by atoms with van der Waals surface area (Å²) in [5.74, 6) is 0.932. The van der Waals surface area contributed by atoms with E-state index in [1.165, 1.54) is 24.7 Å². The van der Waals surface area contributed by atoms with Crippen molar-refractivity contribution >= 4 is 5.69 Å². The predicted octanol–water partition coefficient (Wildman–Crippen LogP) is 2.65. The van der Waals surface area contributed by atoms with Crippen molar-refractivity contribution in [1.29, 1.82) is 0 Å². The summed E-state index contributed by atoms with van der Waals surface area (Å²) in [5.41, 5.74) is 0.631. The highest BCUT2D eigenvalue weighted by molar-refractivity contribution is 5.67. The summed E-state index contributed by atoms with van der Waals surface area (Å²) in [6.07, 6.45) is 2.83. The van der Waals surface area contributed by atoms with Crippen LogP contribution in [-0.4, -0.2) is 16.5 Å². The minimum atomic E-state index is -0.466. The second-order valence-electron chi connectivity index (χ2n) is 3.24. The molecule has 0 fully saturated rings. The van der Waals surface area contributed by atoms with Crippen LogP contribution < -0.4 is 4.74 Å². The molecule has 0 spiro atoms. The average molecular weight is 234 g/mol. The third-order valence-electron chi connectivity index (χ3n) is 2.17. The quantitative estimate of drug-likeness (QED) is 0.600. The van der Waals surface area contributed by atoms with E-state index in [-0.39, 0.29) is 5.69 Å². The Morgan fingerprint density at radius 3 is 2.94 bits per heavy atom. The lowest BCUT2D eigenvalue weighted by molar-refractivity contribution is -0.384. The Hall–Kier alpha value is -2.37. The highest BCUT2D eigenvalue weighted by atomic mass is 16.6. The van der Waals surface area contributed by atoms with Gasteiger partial charge in [0.15, 0.2) is 12.2 Å². The first-order chi connectivity index (χ1) is 8.22. The van der Waals surface area contributed by atoms with E-state index < -0.39 is 4.92 Å². The summed E-state index contributed by atoms with van der Waals surface area (Å²) in [4.78, 5) is 14.0. The molecule has 6 heteroatoms. The molecule has 6 nitrogen and oxygen atoms in total. The van der Waals surface area contributed by atoms with Crippen LogP contribution >= 0.6 is 0 Å². The second kappa shape index (κ2) is 4.65. The number of nitro benzene ring substituents is 1. The zero-order valence-corrected chi connectivity index (χ0v) is 9.12. The topological polar surface area (TPSA) is 78.4 Å². The van der Waals surface area contributed by atoms with Crippen molar-refractivity contribution in [2.45, 2.75) is 6.92 Å². The molecule has 2 aromatic rings. The molecule has 1 aromatic heterocycles. The third kappa shape index (κ3) is 2.25. The number of aromatic nitrogens is 1. The molecule has 0 amide bonds. The van der Waals surface area contributed by atoms with E-state index in [2.05, 4.69) is 4.98 Å². The molecule has 1 heterocycles. The van der Waals surface area contributed by atoms with Crippen LogP contribution in [0.1, 0.15) is 6.92 Å². The number of oxazole rings is 1. The normalized spacial score (nSPS) is 10.2. The molecule has 2 rings (SSSR count). The van der Waals surface area contributed by atoms with Crippen LogP contribution in [0.3, 0.4) is 0 Å². The summed E-state index contributed by atoms with van der Waals surface area (Å²) in [6, 6.07) is 4.37. The van der Waals surface area contributed by atoms with Crippen LogP contribution in [0.15, 0.2) is 35.2 Å². The number of hydrogen-bond donors (Lipinski definition) is 0. The Bertz CT molecular complexity index is 522. The van der Waals surface area contributed by atoms with Crippen molar-refractivity contribution in [2.75, 3.05) is 6.61 Å². The molecule has 0 aliphatic carbocycles. The molecule has 0 saturated carbocycles. The zero-order valence-electron chi connectivity index (χ0n) is 9.12. The molecular formula is C11H10N2O4. The molecule has 0 unspecified atom stereocenters. The summed E-state index contributed by atoms with van der Waals surface area (Å²) in [7, 11) is 0. The Morgan fingerprint density at radius 1 is 1.53 bits per heavy atom. The van der Waals surface area contributed by atoms with E-state index in [0.29, 0.717) is 23.7 Å². The van der Waals surface area contributed by atoms with Crippen molar-refractivity contribution in [1.82, 2.24) is 4.98 Å². The molecule has 0 N–H and O–H groups in total. The van der Waals surface area contributed by atoms with Gasteiger partial charge in [-0.25, -0.2) is 4.98 Å². The lowest BCUT2D eigenvalue weighted by Crippen LogP contribution is -1.96. The van der Waals surface area contributed by atoms with Gasteiger partial charge in [0.2, 0.25) is 0 Å². The maximum atomic E-state index is 10.7. The molecule has 88 valence electrons. The molecule has 0 aliphatic heterocycles.